The van der Waals surface area contributed by atoms with Crippen LogP contribution in [-0.2, 0) is 6.42 Å². The number of nitrogens with zero attached hydrogens (tertiary/aromatic N) is 2. The second-order valence-electron chi connectivity index (χ2n) is 4.18. The molecule has 0 atom stereocenters. The molecule has 0 aliphatic rings. The van der Waals surface area contributed by atoms with Crippen LogP contribution in [0.5, 0.6) is 5.75 Å². The lowest BCUT2D eigenvalue weighted by molar-refractivity contribution is 0.472. The van der Waals surface area contributed by atoms with Gasteiger partial charge in [0, 0.05) is 23.2 Å². The first-order valence-electron chi connectivity index (χ1n) is 5.80. The smallest absolute Gasteiger partial charge is 0.133 e. The average molecular weight is 236 g/mol. The van der Waals surface area contributed by atoms with Gasteiger partial charge in [-0.2, -0.15) is 0 Å². The Morgan fingerprint density at radius 1 is 0.889 bits per heavy atom. The number of hydrogen-bond donors (Lipinski definition) is 1. The number of fused-ring (bicyclic) bond motifs is 1. The van der Waals surface area contributed by atoms with Crippen LogP contribution >= 0.6 is 0 Å². The van der Waals surface area contributed by atoms with Crippen LogP contribution in [0.25, 0.3) is 10.9 Å². The Morgan fingerprint density at radius 3 is 2.56 bits per heavy atom. The summed E-state index contributed by atoms with van der Waals surface area (Å²) in [5.41, 5.74) is 2.87. The van der Waals surface area contributed by atoms with Gasteiger partial charge in [0.2, 0.25) is 0 Å². The van der Waals surface area contributed by atoms with E-state index in [2.05, 4.69) is 16.0 Å². The number of aromatic hydroxyl groups is 1. The molecular formula is C15H12N2O. The van der Waals surface area contributed by atoms with Crippen LogP contribution in [0.15, 0.2) is 54.7 Å². The van der Waals surface area contributed by atoms with Crippen molar-refractivity contribution in [3.63, 3.8) is 0 Å². The molecule has 1 N–H and O–H groups in total. The van der Waals surface area contributed by atoms with E-state index in [4.69, 9.17) is 0 Å². The van der Waals surface area contributed by atoms with Crippen molar-refractivity contribution in [2.24, 2.45) is 0 Å². The molecular weight excluding hydrogens is 224 g/mol. The predicted molar refractivity (Wildman–Crippen MR) is 70.5 cm³/mol. The van der Waals surface area contributed by atoms with Crippen molar-refractivity contribution in [1.29, 1.82) is 0 Å². The molecule has 0 amide bonds. The summed E-state index contributed by atoms with van der Waals surface area (Å²) < 4.78 is 0. The topological polar surface area (TPSA) is 46.0 Å². The van der Waals surface area contributed by atoms with E-state index in [1.165, 1.54) is 6.20 Å². The van der Waals surface area contributed by atoms with Crippen molar-refractivity contribution in [3.8, 4) is 5.75 Å². The quantitative estimate of drug-likeness (QED) is 0.744. The van der Waals surface area contributed by atoms with Crippen LogP contribution < -0.4 is 0 Å². The largest absolute Gasteiger partial charge is 0.506 e. The van der Waals surface area contributed by atoms with E-state index in [9.17, 15) is 5.11 Å². The molecule has 3 rings (SSSR count). The summed E-state index contributed by atoms with van der Waals surface area (Å²) in [5, 5.41) is 10.3. The van der Waals surface area contributed by atoms with Crippen LogP contribution in [0.3, 0.4) is 0 Å². The Labute approximate surface area is 105 Å². The molecule has 18 heavy (non-hydrogen) atoms. The van der Waals surface area contributed by atoms with Crippen molar-refractivity contribution < 1.29 is 5.11 Å². The Morgan fingerprint density at radius 2 is 1.72 bits per heavy atom. The first kappa shape index (κ1) is 10.7. The van der Waals surface area contributed by atoms with Crippen LogP contribution in [-0.4, -0.2) is 15.1 Å². The van der Waals surface area contributed by atoms with Gasteiger partial charge in [-0.05, 0) is 24.3 Å². The van der Waals surface area contributed by atoms with Gasteiger partial charge in [0.25, 0.3) is 0 Å². The minimum Gasteiger partial charge on any atom is -0.506 e. The molecule has 2 aromatic heterocycles. The maximum absolute atomic E-state index is 9.19. The van der Waals surface area contributed by atoms with Gasteiger partial charge in [0.05, 0.1) is 11.7 Å². The Hall–Kier alpha value is -2.42. The van der Waals surface area contributed by atoms with Crippen molar-refractivity contribution in [1.82, 2.24) is 9.97 Å². The van der Waals surface area contributed by atoms with Gasteiger partial charge in [-0.15, -0.1) is 0 Å². The van der Waals surface area contributed by atoms with E-state index >= 15 is 0 Å². The number of rotatable bonds is 2. The summed E-state index contributed by atoms with van der Waals surface area (Å²) in [7, 11) is 0. The zero-order valence-electron chi connectivity index (χ0n) is 9.74. The van der Waals surface area contributed by atoms with Gasteiger partial charge < -0.3 is 5.11 Å². The van der Waals surface area contributed by atoms with Crippen LogP contribution in [0.4, 0.5) is 0 Å². The molecule has 0 saturated heterocycles. The lowest BCUT2D eigenvalue weighted by Gasteiger charge is -2.03. The van der Waals surface area contributed by atoms with E-state index in [0.717, 1.165) is 22.3 Å². The SMILES string of the molecule is Oc1ccc(Cc2ccc3ccccc3n2)nc1. The molecule has 3 aromatic rings. The summed E-state index contributed by atoms with van der Waals surface area (Å²) in [6, 6.07) is 15.6. The fourth-order valence-corrected chi connectivity index (χ4v) is 1.91. The Balaban J connectivity index is 1.92. The number of pyridine rings is 2. The molecule has 3 heteroatoms. The molecule has 0 spiro atoms. The van der Waals surface area contributed by atoms with Gasteiger partial charge in [-0.25, -0.2) is 0 Å². The fourth-order valence-electron chi connectivity index (χ4n) is 1.91. The number of hydrogen-bond acceptors (Lipinski definition) is 3. The third-order valence-electron chi connectivity index (χ3n) is 2.83. The van der Waals surface area contributed by atoms with Gasteiger partial charge in [-0.1, -0.05) is 24.3 Å². The molecule has 0 unspecified atom stereocenters. The van der Waals surface area contributed by atoms with Gasteiger partial charge in [0.1, 0.15) is 5.75 Å². The summed E-state index contributed by atoms with van der Waals surface area (Å²) >= 11 is 0. The molecule has 0 saturated carbocycles. The van der Waals surface area contributed by atoms with Crippen LogP contribution in [0.1, 0.15) is 11.4 Å². The molecule has 1 aromatic carbocycles. The molecule has 2 heterocycles. The van der Waals surface area contributed by atoms with Crippen molar-refractivity contribution in [2.75, 3.05) is 0 Å². The highest BCUT2D eigenvalue weighted by Gasteiger charge is 2.01. The van der Waals surface area contributed by atoms with Crippen LogP contribution in [0, 0.1) is 0 Å². The molecule has 88 valence electrons. The molecule has 0 aliphatic heterocycles. The highest BCUT2D eigenvalue weighted by Crippen LogP contribution is 2.14. The third-order valence-corrected chi connectivity index (χ3v) is 2.83. The van der Waals surface area contributed by atoms with E-state index in [1.807, 2.05) is 36.4 Å². The highest BCUT2D eigenvalue weighted by molar-refractivity contribution is 5.78. The van der Waals surface area contributed by atoms with Gasteiger partial charge in [-0.3, -0.25) is 9.97 Å². The summed E-state index contributed by atoms with van der Waals surface area (Å²) in [6.07, 6.45) is 2.13. The predicted octanol–water partition coefficient (Wildman–Crippen LogP) is 2.93. The maximum atomic E-state index is 9.19. The lowest BCUT2D eigenvalue weighted by atomic mass is 10.1. The van der Waals surface area contributed by atoms with E-state index < -0.39 is 0 Å². The molecule has 0 radical (unpaired) electrons. The fraction of sp³-hybridized carbons (Fsp3) is 0.0667. The van der Waals surface area contributed by atoms with Gasteiger partial charge in [0.15, 0.2) is 0 Å². The normalized spacial score (nSPS) is 10.7. The zero-order chi connectivity index (χ0) is 12.4. The van der Waals surface area contributed by atoms with Crippen molar-refractivity contribution >= 4 is 10.9 Å². The van der Waals surface area contributed by atoms with Crippen LogP contribution in [0.2, 0.25) is 0 Å². The first-order valence-corrected chi connectivity index (χ1v) is 5.80. The maximum Gasteiger partial charge on any atom is 0.133 e. The number of benzene rings is 1. The van der Waals surface area contributed by atoms with Crippen molar-refractivity contribution in [2.45, 2.75) is 6.42 Å². The number of aromatic nitrogens is 2. The minimum atomic E-state index is 0.185. The third kappa shape index (κ3) is 2.15. The van der Waals surface area contributed by atoms with Gasteiger partial charge >= 0.3 is 0 Å². The summed E-state index contributed by atoms with van der Waals surface area (Å²) in [4.78, 5) is 8.75. The van der Waals surface area contributed by atoms with E-state index in [-0.39, 0.29) is 5.75 Å². The molecule has 0 aliphatic carbocycles. The molecule has 0 fully saturated rings. The standard InChI is InChI=1S/C15H12N2O/c18-14-8-7-12(16-10-14)9-13-6-5-11-3-1-2-4-15(11)17-13/h1-8,10,18H,9H2. The summed E-state index contributed by atoms with van der Waals surface area (Å²) in [6.45, 7) is 0. The monoisotopic (exact) mass is 236 g/mol. The zero-order valence-corrected chi connectivity index (χ0v) is 9.74. The number of para-hydroxylation sites is 1. The lowest BCUT2D eigenvalue weighted by Crippen LogP contribution is -1.94. The average Bonchev–Trinajstić information content (AvgIpc) is 2.41. The molecule has 3 nitrogen and oxygen atoms in total. The second kappa shape index (κ2) is 4.45. The Kier molecular flexibility index (Phi) is 2.65. The van der Waals surface area contributed by atoms with E-state index in [1.54, 1.807) is 6.07 Å². The molecule has 0 bridgehead atoms. The summed E-state index contributed by atoms with van der Waals surface area (Å²) in [5.74, 6) is 0.185. The Bertz CT molecular complexity index is 677. The van der Waals surface area contributed by atoms with E-state index in [0.29, 0.717) is 6.42 Å². The minimum absolute atomic E-state index is 0.185. The second-order valence-corrected chi connectivity index (χ2v) is 4.18. The van der Waals surface area contributed by atoms with Crippen molar-refractivity contribution in [3.05, 3.63) is 66.1 Å². The first-order chi connectivity index (χ1) is 8.81. The highest BCUT2D eigenvalue weighted by atomic mass is 16.3.